The molecule has 3 rings (SSSR count). The van der Waals surface area contributed by atoms with Crippen molar-refractivity contribution in [2.45, 2.75) is 12.5 Å². The normalized spacial score (nSPS) is 19.0. The molecule has 1 aromatic carbocycles. The van der Waals surface area contributed by atoms with E-state index < -0.39 is 15.7 Å². The van der Waals surface area contributed by atoms with E-state index >= 15 is 0 Å². The van der Waals surface area contributed by atoms with Crippen LogP contribution in [0.5, 0.6) is 0 Å². The first-order valence-electron chi connectivity index (χ1n) is 7.27. The summed E-state index contributed by atoms with van der Waals surface area (Å²) in [5.74, 6) is 0.114. The van der Waals surface area contributed by atoms with Crippen LogP contribution in [0.25, 0.3) is 0 Å². The Balaban J connectivity index is 1.62. The summed E-state index contributed by atoms with van der Waals surface area (Å²) in [5, 5.41) is 6.29. The lowest BCUT2D eigenvalue weighted by Crippen LogP contribution is -2.36. The van der Waals surface area contributed by atoms with Gasteiger partial charge in [0.15, 0.2) is 9.84 Å². The first-order valence-corrected chi connectivity index (χ1v) is 9.47. The summed E-state index contributed by atoms with van der Waals surface area (Å²) in [6, 6.07) is 6.76. The topological polar surface area (TPSA) is 101 Å². The number of halogens is 1. The fourth-order valence-electron chi connectivity index (χ4n) is 2.39. The van der Waals surface area contributed by atoms with Crippen LogP contribution in [0.2, 0.25) is 5.02 Å². The number of rotatable bonds is 4. The molecule has 0 spiro atoms. The third-order valence-corrected chi connectivity index (χ3v) is 5.55. The molecule has 2 N–H and O–H groups in total. The van der Waals surface area contributed by atoms with Crippen molar-refractivity contribution in [2.75, 3.05) is 16.8 Å². The molecule has 2 heterocycles. The van der Waals surface area contributed by atoms with Gasteiger partial charge in [0.05, 0.1) is 23.9 Å². The predicted molar refractivity (Wildman–Crippen MR) is 91.3 cm³/mol. The van der Waals surface area contributed by atoms with E-state index in [4.69, 9.17) is 11.6 Å². The standard InChI is InChI=1S/C15H15ClN4O3S/c16-10-2-1-3-11(6-10)19-14-8-17-13(7-18-14)15(21)20-12-4-5-24(22,23)9-12/h1-3,6-8,12H,4-5,9H2,(H,18,19)(H,20,21). The Hall–Kier alpha value is -2.19. The lowest BCUT2D eigenvalue weighted by molar-refractivity contribution is 0.0935. The van der Waals surface area contributed by atoms with Gasteiger partial charge in [-0.1, -0.05) is 17.7 Å². The summed E-state index contributed by atoms with van der Waals surface area (Å²) in [7, 11) is -3.04. The summed E-state index contributed by atoms with van der Waals surface area (Å²) in [6.07, 6.45) is 3.20. The Morgan fingerprint density at radius 2 is 2.08 bits per heavy atom. The van der Waals surface area contributed by atoms with Crippen molar-refractivity contribution in [3.8, 4) is 0 Å². The molecule has 1 atom stereocenters. The lowest BCUT2D eigenvalue weighted by Gasteiger charge is -2.10. The maximum atomic E-state index is 12.1. The highest BCUT2D eigenvalue weighted by Gasteiger charge is 2.29. The van der Waals surface area contributed by atoms with Crippen molar-refractivity contribution >= 4 is 38.9 Å². The Morgan fingerprint density at radius 3 is 2.71 bits per heavy atom. The van der Waals surface area contributed by atoms with E-state index in [1.54, 1.807) is 18.2 Å². The SMILES string of the molecule is O=C(NC1CCS(=O)(=O)C1)c1cnc(Nc2cccc(Cl)c2)cn1. The van der Waals surface area contributed by atoms with Gasteiger partial charge in [0.25, 0.3) is 5.91 Å². The van der Waals surface area contributed by atoms with Crippen molar-refractivity contribution in [1.29, 1.82) is 0 Å². The number of nitrogens with one attached hydrogen (secondary N) is 2. The molecule has 24 heavy (non-hydrogen) atoms. The van der Waals surface area contributed by atoms with Crippen molar-refractivity contribution < 1.29 is 13.2 Å². The van der Waals surface area contributed by atoms with Crippen LogP contribution in [0.4, 0.5) is 11.5 Å². The van der Waals surface area contributed by atoms with Crippen molar-refractivity contribution in [1.82, 2.24) is 15.3 Å². The number of hydrogen-bond donors (Lipinski definition) is 2. The molecule has 0 saturated carbocycles. The molecule has 1 aromatic heterocycles. The second-order valence-electron chi connectivity index (χ2n) is 5.50. The third kappa shape index (κ3) is 4.21. The molecule has 0 bridgehead atoms. The van der Waals surface area contributed by atoms with Gasteiger partial charge in [0.1, 0.15) is 11.5 Å². The van der Waals surface area contributed by atoms with Crippen LogP contribution >= 0.6 is 11.6 Å². The number of aromatic nitrogens is 2. The fraction of sp³-hybridized carbons (Fsp3) is 0.267. The average molecular weight is 367 g/mol. The minimum absolute atomic E-state index is 0.0272. The largest absolute Gasteiger partial charge is 0.347 e. The summed E-state index contributed by atoms with van der Waals surface area (Å²) in [6.45, 7) is 0. The molecule has 1 aliphatic rings. The van der Waals surface area contributed by atoms with E-state index in [9.17, 15) is 13.2 Å². The minimum Gasteiger partial charge on any atom is -0.347 e. The molecule has 126 valence electrons. The maximum absolute atomic E-state index is 12.1. The van der Waals surface area contributed by atoms with Crippen LogP contribution in [-0.2, 0) is 9.84 Å². The van der Waals surface area contributed by atoms with Crippen LogP contribution in [0, 0.1) is 0 Å². The highest BCUT2D eigenvalue weighted by Crippen LogP contribution is 2.18. The number of carbonyl (C=O) groups is 1. The van der Waals surface area contributed by atoms with Crippen LogP contribution in [0.1, 0.15) is 16.9 Å². The van der Waals surface area contributed by atoms with Crippen LogP contribution in [0.3, 0.4) is 0 Å². The van der Waals surface area contributed by atoms with Gasteiger partial charge >= 0.3 is 0 Å². The van der Waals surface area contributed by atoms with Gasteiger partial charge in [0.2, 0.25) is 0 Å². The molecule has 2 aromatic rings. The number of nitrogens with zero attached hydrogens (tertiary/aromatic N) is 2. The summed E-state index contributed by atoms with van der Waals surface area (Å²) < 4.78 is 22.8. The fourth-order valence-corrected chi connectivity index (χ4v) is 4.26. The molecule has 1 amide bonds. The van der Waals surface area contributed by atoms with Crippen LogP contribution in [0.15, 0.2) is 36.7 Å². The van der Waals surface area contributed by atoms with E-state index in [0.717, 1.165) is 5.69 Å². The van der Waals surface area contributed by atoms with Gasteiger partial charge in [-0.2, -0.15) is 0 Å². The quantitative estimate of drug-likeness (QED) is 0.855. The number of amides is 1. The van der Waals surface area contributed by atoms with Gasteiger partial charge in [-0.25, -0.2) is 18.4 Å². The summed E-state index contributed by atoms with van der Waals surface area (Å²) in [5.41, 5.74) is 0.890. The molecule has 0 radical (unpaired) electrons. The van der Waals surface area contributed by atoms with Crippen molar-refractivity contribution in [3.05, 3.63) is 47.4 Å². The molecular weight excluding hydrogens is 352 g/mol. The Labute approximate surface area is 144 Å². The Bertz CT molecular complexity index is 855. The van der Waals surface area contributed by atoms with E-state index in [1.165, 1.54) is 12.4 Å². The Morgan fingerprint density at radius 1 is 1.25 bits per heavy atom. The van der Waals surface area contributed by atoms with Gasteiger partial charge in [-0.05, 0) is 24.6 Å². The molecular formula is C15H15ClN4O3S. The second kappa shape index (κ2) is 6.74. The smallest absolute Gasteiger partial charge is 0.271 e. The molecule has 9 heteroatoms. The zero-order chi connectivity index (χ0) is 17.2. The van der Waals surface area contributed by atoms with Crippen molar-refractivity contribution in [2.24, 2.45) is 0 Å². The van der Waals surface area contributed by atoms with E-state index in [1.807, 2.05) is 6.07 Å². The molecule has 1 fully saturated rings. The van der Waals surface area contributed by atoms with Gasteiger partial charge in [-0.15, -0.1) is 0 Å². The molecule has 0 aliphatic carbocycles. The number of benzene rings is 1. The number of hydrogen-bond acceptors (Lipinski definition) is 6. The molecule has 1 unspecified atom stereocenters. The van der Waals surface area contributed by atoms with Gasteiger partial charge in [-0.3, -0.25) is 4.79 Å². The second-order valence-corrected chi connectivity index (χ2v) is 8.16. The monoisotopic (exact) mass is 366 g/mol. The maximum Gasteiger partial charge on any atom is 0.271 e. The minimum atomic E-state index is -3.04. The van der Waals surface area contributed by atoms with E-state index in [2.05, 4.69) is 20.6 Å². The van der Waals surface area contributed by atoms with Gasteiger partial charge in [0, 0.05) is 16.8 Å². The first-order chi connectivity index (χ1) is 11.4. The zero-order valence-electron chi connectivity index (χ0n) is 12.6. The van der Waals surface area contributed by atoms with E-state index in [0.29, 0.717) is 17.3 Å². The first kappa shape index (κ1) is 16.7. The lowest BCUT2D eigenvalue weighted by atomic mass is 10.2. The molecule has 1 aliphatic heterocycles. The third-order valence-electron chi connectivity index (χ3n) is 3.55. The van der Waals surface area contributed by atoms with E-state index in [-0.39, 0.29) is 23.2 Å². The summed E-state index contributed by atoms with van der Waals surface area (Å²) >= 11 is 5.91. The average Bonchev–Trinajstić information content (AvgIpc) is 2.87. The summed E-state index contributed by atoms with van der Waals surface area (Å²) in [4.78, 5) is 20.3. The van der Waals surface area contributed by atoms with Crippen LogP contribution in [-0.4, -0.2) is 41.8 Å². The zero-order valence-corrected chi connectivity index (χ0v) is 14.1. The highest BCUT2D eigenvalue weighted by atomic mass is 35.5. The molecule has 1 saturated heterocycles. The molecule has 7 nitrogen and oxygen atoms in total. The Kier molecular flexibility index (Phi) is 4.68. The highest BCUT2D eigenvalue weighted by molar-refractivity contribution is 7.91. The van der Waals surface area contributed by atoms with Crippen molar-refractivity contribution in [3.63, 3.8) is 0 Å². The number of sulfone groups is 1. The predicted octanol–water partition coefficient (Wildman–Crippen LogP) is 1.79. The number of anilines is 2. The van der Waals surface area contributed by atoms with Crippen LogP contribution < -0.4 is 10.6 Å². The number of carbonyl (C=O) groups excluding carboxylic acids is 1. The van der Waals surface area contributed by atoms with Gasteiger partial charge < -0.3 is 10.6 Å².